The number of azide groups is 1. The first-order valence-corrected chi connectivity index (χ1v) is 7.54. The minimum Gasteiger partial charge on any atom is -0.480 e. The molecule has 2 aromatic heterocycles. The van der Waals surface area contributed by atoms with Crippen LogP contribution >= 0.6 is 0 Å². The number of aliphatic carboxylic acids is 1. The second-order valence-electron chi connectivity index (χ2n) is 5.78. The van der Waals surface area contributed by atoms with E-state index in [2.05, 4.69) is 28.9 Å². The van der Waals surface area contributed by atoms with Gasteiger partial charge in [0.25, 0.3) is 5.56 Å². The molecule has 2 rings (SSSR count). The van der Waals surface area contributed by atoms with Gasteiger partial charge in [0.05, 0.1) is 6.33 Å². The molecule has 25 heavy (non-hydrogen) atoms. The molecule has 0 unspecified atom stereocenters. The highest BCUT2D eigenvalue weighted by atomic mass is 16.4. The Morgan fingerprint density at radius 3 is 2.52 bits per heavy atom. The molecule has 11 heteroatoms. The van der Waals surface area contributed by atoms with Crippen LogP contribution in [0.4, 0.5) is 0 Å². The summed E-state index contributed by atoms with van der Waals surface area (Å²) in [5.74, 6) is -0.444. The lowest BCUT2D eigenvalue weighted by Gasteiger charge is -2.04. The van der Waals surface area contributed by atoms with E-state index < -0.39 is 17.2 Å². The van der Waals surface area contributed by atoms with E-state index >= 15 is 0 Å². The zero-order chi connectivity index (χ0) is 19.1. The Morgan fingerprint density at radius 2 is 2.00 bits per heavy atom. The molecule has 0 amide bonds. The molecule has 2 aromatic rings. The maximum absolute atomic E-state index is 11.9. The number of fused-ring (bicyclic) bond motifs is 1. The fourth-order valence-electron chi connectivity index (χ4n) is 2.02. The molecule has 0 bridgehead atoms. The highest BCUT2D eigenvalue weighted by Crippen LogP contribution is 2.04. The summed E-state index contributed by atoms with van der Waals surface area (Å²) in [6.07, 6.45) is 2.23. The van der Waals surface area contributed by atoms with E-state index in [0.29, 0.717) is 12.5 Å². The molecule has 1 N–H and O–H groups in total. The summed E-state index contributed by atoms with van der Waals surface area (Å²) >= 11 is 0. The van der Waals surface area contributed by atoms with Gasteiger partial charge in [-0.05, 0) is 17.9 Å². The molecule has 0 radical (unpaired) electrons. The molecule has 0 atom stereocenters. The van der Waals surface area contributed by atoms with Crippen LogP contribution in [-0.4, -0.2) is 36.3 Å². The Kier molecular flexibility index (Phi) is 6.94. The van der Waals surface area contributed by atoms with E-state index in [1.165, 1.54) is 29.6 Å². The summed E-state index contributed by atoms with van der Waals surface area (Å²) in [6, 6.07) is 0. The van der Waals surface area contributed by atoms with E-state index in [4.69, 9.17) is 10.6 Å². The van der Waals surface area contributed by atoms with Crippen molar-refractivity contribution in [2.45, 2.75) is 26.8 Å². The molecule has 2 heterocycles. The Labute approximate surface area is 142 Å². The molecule has 0 aromatic carbocycles. The van der Waals surface area contributed by atoms with Gasteiger partial charge < -0.3 is 9.67 Å². The molecule has 136 valence electrons. The summed E-state index contributed by atoms with van der Waals surface area (Å²) in [4.78, 5) is 40.6. The number of hydrogen-bond donors (Lipinski definition) is 1. The van der Waals surface area contributed by atoms with Gasteiger partial charge in [0.2, 0.25) is 0 Å². The van der Waals surface area contributed by atoms with Crippen molar-refractivity contribution in [1.82, 2.24) is 18.7 Å². The number of rotatable bonds is 5. The number of carboxylic acid groups (broad SMARTS) is 1. The summed E-state index contributed by atoms with van der Waals surface area (Å²) < 4.78 is 3.33. The number of carbonyl (C=O) groups is 1. The van der Waals surface area contributed by atoms with Gasteiger partial charge in [-0.1, -0.05) is 19.0 Å². The van der Waals surface area contributed by atoms with Gasteiger partial charge in [-0.15, -0.1) is 0 Å². The van der Waals surface area contributed by atoms with Gasteiger partial charge in [0.1, 0.15) is 6.54 Å². The van der Waals surface area contributed by atoms with Gasteiger partial charge in [0.15, 0.2) is 11.2 Å². The van der Waals surface area contributed by atoms with Gasteiger partial charge in [-0.3, -0.25) is 18.7 Å². The van der Waals surface area contributed by atoms with E-state index in [-0.39, 0.29) is 17.7 Å². The monoisotopic (exact) mass is 351 g/mol. The number of carboxylic acids is 1. The quantitative estimate of drug-likeness (QED) is 0.482. The first kappa shape index (κ1) is 20.0. The number of aromatic nitrogens is 4. The highest BCUT2D eigenvalue weighted by Gasteiger charge is 2.15. The van der Waals surface area contributed by atoms with Gasteiger partial charge in [-0.25, -0.2) is 9.78 Å². The topological polar surface area (TPSA) is 148 Å². The largest absolute Gasteiger partial charge is 0.480 e. The summed E-state index contributed by atoms with van der Waals surface area (Å²) in [7, 11) is 2.81. The number of hydrogen-bond acceptors (Lipinski definition) is 5. The van der Waals surface area contributed by atoms with Crippen molar-refractivity contribution in [3.05, 3.63) is 37.6 Å². The van der Waals surface area contributed by atoms with Gasteiger partial charge in [0, 0.05) is 25.6 Å². The third kappa shape index (κ3) is 4.95. The van der Waals surface area contributed by atoms with E-state index in [9.17, 15) is 14.4 Å². The fraction of sp³-hybridized carbons (Fsp3) is 0.571. The van der Waals surface area contributed by atoms with E-state index in [1.54, 1.807) is 0 Å². The lowest BCUT2D eigenvalue weighted by atomic mass is 10.1. The maximum Gasteiger partial charge on any atom is 0.332 e. The van der Waals surface area contributed by atoms with Crippen LogP contribution in [0.15, 0.2) is 21.0 Å². The second kappa shape index (κ2) is 8.69. The minimum absolute atomic E-state index is 0.108. The average Bonchev–Trinajstić information content (AvgIpc) is 2.94. The van der Waals surface area contributed by atoms with Crippen LogP contribution in [0.3, 0.4) is 0 Å². The summed E-state index contributed by atoms with van der Waals surface area (Å²) in [5.41, 5.74) is 7.07. The zero-order valence-corrected chi connectivity index (χ0v) is 14.6. The molecular weight excluding hydrogens is 330 g/mol. The number of imidazole rings is 1. The predicted molar refractivity (Wildman–Crippen MR) is 91.3 cm³/mol. The summed E-state index contributed by atoms with van der Waals surface area (Å²) in [6.45, 7) is 4.47. The van der Waals surface area contributed by atoms with Crippen LogP contribution in [0.1, 0.15) is 20.3 Å². The summed E-state index contributed by atoms with van der Waals surface area (Å²) in [5, 5.41) is 12.1. The fourth-order valence-corrected chi connectivity index (χ4v) is 2.02. The average molecular weight is 351 g/mol. The Bertz CT molecular complexity index is 916. The van der Waals surface area contributed by atoms with Crippen LogP contribution in [0.5, 0.6) is 0 Å². The first-order valence-electron chi connectivity index (χ1n) is 7.54. The van der Waals surface area contributed by atoms with E-state index in [1.807, 2.05) is 0 Å². The smallest absolute Gasteiger partial charge is 0.332 e. The minimum atomic E-state index is -1.08. The molecule has 0 saturated heterocycles. The van der Waals surface area contributed by atoms with Crippen molar-refractivity contribution < 1.29 is 9.90 Å². The lowest BCUT2D eigenvalue weighted by Crippen LogP contribution is -2.37. The molecule has 11 nitrogen and oxygen atoms in total. The van der Waals surface area contributed by atoms with Crippen molar-refractivity contribution in [1.29, 1.82) is 0 Å². The number of aryl methyl sites for hydroxylation is 1. The predicted octanol–water partition coefficient (Wildman–Crippen LogP) is 0.861. The Hall–Kier alpha value is -3.07. The van der Waals surface area contributed by atoms with Crippen molar-refractivity contribution in [2.24, 2.45) is 25.1 Å². The van der Waals surface area contributed by atoms with Crippen molar-refractivity contribution >= 4 is 17.1 Å². The van der Waals surface area contributed by atoms with Crippen LogP contribution in [-0.2, 0) is 25.4 Å². The number of nitrogens with zero attached hydrogens (tertiary/aromatic N) is 7. The molecule has 0 aliphatic heterocycles. The highest BCUT2D eigenvalue weighted by molar-refractivity contribution is 5.74. The normalized spacial score (nSPS) is 10.3. The molecule has 0 spiro atoms. The lowest BCUT2D eigenvalue weighted by molar-refractivity contribution is -0.137. The Balaban J connectivity index is 0.000000333. The molecule has 0 saturated carbocycles. The zero-order valence-electron chi connectivity index (χ0n) is 14.6. The third-order valence-corrected chi connectivity index (χ3v) is 3.39. The SMILES string of the molecule is CC(C)CCN=[N+]=[N-].Cn1c(=O)c2c(ncn2CC(=O)O)n(C)c1=O. The van der Waals surface area contributed by atoms with Crippen molar-refractivity contribution in [3.63, 3.8) is 0 Å². The second-order valence-corrected chi connectivity index (χ2v) is 5.78. The Morgan fingerprint density at radius 1 is 1.36 bits per heavy atom. The van der Waals surface area contributed by atoms with Crippen LogP contribution in [0.25, 0.3) is 21.6 Å². The van der Waals surface area contributed by atoms with Crippen molar-refractivity contribution in [2.75, 3.05) is 6.54 Å². The van der Waals surface area contributed by atoms with Crippen LogP contribution in [0.2, 0.25) is 0 Å². The van der Waals surface area contributed by atoms with Gasteiger partial charge >= 0.3 is 11.7 Å². The molecule has 0 aliphatic rings. The van der Waals surface area contributed by atoms with Crippen LogP contribution in [0, 0.1) is 5.92 Å². The van der Waals surface area contributed by atoms with Crippen LogP contribution < -0.4 is 11.2 Å². The third-order valence-electron chi connectivity index (χ3n) is 3.39. The molecule has 0 aliphatic carbocycles. The van der Waals surface area contributed by atoms with Gasteiger partial charge in [-0.2, -0.15) is 0 Å². The maximum atomic E-state index is 11.9. The standard InChI is InChI=1S/C9H10N4O4.C5H11N3/c1-11-7-6(8(16)12(2)9(11)17)13(4-10-7)3-5(14)15;1-5(2)3-4-7-8-6/h4H,3H2,1-2H3,(H,14,15);5H,3-4H2,1-2H3. The molecular formula is C14H21N7O4. The first-order chi connectivity index (χ1) is 11.7. The molecule has 0 fully saturated rings. The van der Waals surface area contributed by atoms with Crippen molar-refractivity contribution in [3.8, 4) is 0 Å². The van der Waals surface area contributed by atoms with E-state index in [0.717, 1.165) is 11.0 Å².